The van der Waals surface area contributed by atoms with Gasteiger partial charge in [-0.15, -0.1) is 0 Å². The molecule has 0 aromatic heterocycles. The lowest BCUT2D eigenvalue weighted by molar-refractivity contribution is 0.156. The first-order chi connectivity index (χ1) is 9.60. The van der Waals surface area contributed by atoms with Crippen molar-refractivity contribution >= 4 is 0 Å². The van der Waals surface area contributed by atoms with E-state index in [9.17, 15) is 0 Å². The van der Waals surface area contributed by atoms with E-state index in [-0.39, 0.29) is 0 Å². The van der Waals surface area contributed by atoms with Crippen molar-refractivity contribution in [2.24, 2.45) is 0 Å². The number of aryl methyl sites for hydroxylation is 1. The summed E-state index contributed by atoms with van der Waals surface area (Å²) in [6, 6.07) is 10.9. The van der Waals surface area contributed by atoms with E-state index >= 15 is 0 Å². The van der Waals surface area contributed by atoms with Crippen LogP contribution in [0.4, 0.5) is 0 Å². The van der Waals surface area contributed by atoms with Gasteiger partial charge in [0.25, 0.3) is 0 Å². The predicted octanol–water partition coefficient (Wildman–Crippen LogP) is 3.91. The molecule has 1 fully saturated rings. The van der Waals surface area contributed by atoms with Gasteiger partial charge in [0.15, 0.2) is 0 Å². The SMILES string of the molecule is CCC(NC1CCN(C(C)C)CC1)c1ccc(C)cc1. The molecule has 0 spiro atoms. The monoisotopic (exact) mass is 274 g/mol. The Balaban J connectivity index is 1.89. The van der Waals surface area contributed by atoms with Crippen LogP contribution in [-0.2, 0) is 0 Å². The third-order valence-corrected chi connectivity index (χ3v) is 4.58. The van der Waals surface area contributed by atoms with Crippen LogP contribution >= 0.6 is 0 Å². The molecular formula is C18H30N2. The number of benzene rings is 1. The zero-order chi connectivity index (χ0) is 14.5. The fourth-order valence-electron chi connectivity index (χ4n) is 3.12. The second-order valence-electron chi connectivity index (χ2n) is 6.44. The van der Waals surface area contributed by atoms with Crippen molar-refractivity contribution < 1.29 is 0 Å². The van der Waals surface area contributed by atoms with Crippen molar-refractivity contribution in [2.75, 3.05) is 13.1 Å². The van der Waals surface area contributed by atoms with E-state index < -0.39 is 0 Å². The van der Waals surface area contributed by atoms with Crippen LogP contribution in [-0.4, -0.2) is 30.1 Å². The minimum atomic E-state index is 0.506. The molecular weight excluding hydrogens is 244 g/mol. The lowest BCUT2D eigenvalue weighted by Gasteiger charge is -2.36. The van der Waals surface area contributed by atoms with Crippen LogP contribution in [0.15, 0.2) is 24.3 Å². The van der Waals surface area contributed by atoms with Gasteiger partial charge < -0.3 is 10.2 Å². The molecule has 1 aromatic carbocycles. The van der Waals surface area contributed by atoms with Crippen LogP contribution in [0.25, 0.3) is 0 Å². The summed E-state index contributed by atoms with van der Waals surface area (Å²) in [5.41, 5.74) is 2.78. The Hall–Kier alpha value is -0.860. The number of piperidine rings is 1. The number of rotatable bonds is 5. The summed E-state index contributed by atoms with van der Waals surface area (Å²) in [4.78, 5) is 2.59. The number of nitrogens with zero attached hydrogens (tertiary/aromatic N) is 1. The van der Waals surface area contributed by atoms with Crippen molar-refractivity contribution in [1.29, 1.82) is 0 Å². The molecule has 1 saturated heterocycles. The molecule has 112 valence electrons. The van der Waals surface area contributed by atoms with E-state index in [0.717, 1.165) is 6.42 Å². The molecule has 1 aliphatic rings. The van der Waals surface area contributed by atoms with Gasteiger partial charge in [-0.2, -0.15) is 0 Å². The maximum atomic E-state index is 3.87. The first-order valence-electron chi connectivity index (χ1n) is 8.16. The molecule has 0 amide bonds. The number of nitrogens with one attached hydrogen (secondary N) is 1. The van der Waals surface area contributed by atoms with Gasteiger partial charge in [0.1, 0.15) is 0 Å². The standard InChI is InChI=1S/C18H30N2/c1-5-18(16-8-6-15(4)7-9-16)19-17-10-12-20(13-11-17)14(2)3/h6-9,14,17-19H,5,10-13H2,1-4H3. The summed E-state index contributed by atoms with van der Waals surface area (Å²) in [5, 5.41) is 3.87. The van der Waals surface area contributed by atoms with E-state index in [0.29, 0.717) is 18.1 Å². The molecule has 1 aliphatic heterocycles. The van der Waals surface area contributed by atoms with E-state index in [4.69, 9.17) is 0 Å². The molecule has 2 rings (SSSR count). The molecule has 1 aromatic rings. The van der Waals surface area contributed by atoms with Gasteiger partial charge in [0, 0.05) is 18.1 Å². The zero-order valence-electron chi connectivity index (χ0n) is 13.5. The van der Waals surface area contributed by atoms with Crippen molar-refractivity contribution in [3.8, 4) is 0 Å². The van der Waals surface area contributed by atoms with Crippen LogP contribution < -0.4 is 5.32 Å². The molecule has 0 aliphatic carbocycles. The Bertz CT molecular complexity index is 388. The smallest absolute Gasteiger partial charge is 0.0320 e. The van der Waals surface area contributed by atoms with Crippen LogP contribution in [0.5, 0.6) is 0 Å². The maximum absolute atomic E-state index is 3.87. The van der Waals surface area contributed by atoms with Crippen LogP contribution in [0.3, 0.4) is 0 Å². The van der Waals surface area contributed by atoms with Crippen molar-refractivity contribution in [2.45, 2.75) is 65.1 Å². The van der Waals surface area contributed by atoms with Crippen LogP contribution in [0.1, 0.15) is 57.2 Å². The van der Waals surface area contributed by atoms with E-state index in [1.54, 1.807) is 0 Å². The third kappa shape index (κ3) is 4.07. The summed E-state index contributed by atoms with van der Waals surface area (Å²) in [6.07, 6.45) is 3.72. The topological polar surface area (TPSA) is 15.3 Å². The quantitative estimate of drug-likeness (QED) is 0.876. The molecule has 0 saturated carbocycles. The first kappa shape index (κ1) is 15.5. The molecule has 0 bridgehead atoms. The highest BCUT2D eigenvalue weighted by Crippen LogP contribution is 2.21. The molecule has 0 radical (unpaired) electrons. The summed E-state index contributed by atoms with van der Waals surface area (Å²) in [7, 11) is 0. The zero-order valence-corrected chi connectivity index (χ0v) is 13.5. The molecule has 2 nitrogen and oxygen atoms in total. The summed E-state index contributed by atoms with van der Waals surface area (Å²) in [6.45, 7) is 11.5. The Morgan fingerprint density at radius 2 is 1.75 bits per heavy atom. The van der Waals surface area contributed by atoms with Gasteiger partial charge in [-0.3, -0.25) is 0 Å². The molecule has 1 heterocycles. The minimum Gasteiger partial charge on any atom is -0.307 e. The van der Waals surface area contributed by atoms with Crippen LogP contribution in [0.2, 0.25) is 0 Å². The second kappa shape index (κ2) is 7.24. The average Bonchev–Trinajstić information content (AvgIpc) is 2.46. The van der Waals surface area contributed by atoms with E-state index in [1.807, 2.05) is 0 Å². The molecule has 2 heteroatoms. The fourth-order valence-corrected chi connectivity index (χ4v) is 3.12. The maximum Gasteiger partial charge on any atom is 0.0320 e. The van der Waals surface area contributed by atoms with Gasteiger partial charge in [-0.1, -0.05) is 36.8 Å². The van der Waals surface area contributed by atoms with E-state index in [2.05, 4.69) is 62.2 Å². The number of hydrogen-bond acceptors (Lipinski definition) is 2. The summed E-state index contributed by atoms with van der Waals surface area (Å²) in [5.74, 6) is 0. The average molecular weight is 274 g/mol. The number of likely N-dealkylation sites (tertiary alicyclic amines) is 1. The Morgan fingerprint density at radius 3 is 2.25 bits per heavy atom. The van der Waals surface area contributed by atoms with Crippen molar-refractivity contribution in [3.05, 3.63) is 35.4 Å². The highest BCUT2D eigenvalue weighted by Gasteiger charge is 2.22. The number of hydrogen-bond donors (Lipinski definition) is 1. The van der Waals surface area contributed by atoms with E-state index in [1.165, 1.54) is 37.1 Å². The minimum absolute atomic E-state index is 0.506. The molecule has 20 heavy (non-hydrogen) atoms. The van der Waals surface area contributed by atoms with Gasteiger partial charge in [-0.05, 0) is 58.7 Å². The fraction of sp³-hybridized carbons (Fsp3) is 0.667. The third-order valence-electron chi connectivity index (χ3n) is 4.58. The van der Waals surface area contributed by atoms with Crippen molar-refractivity contribution in [1.82, 2.24) is 10.2 Å². The predicted molar refractivity (Wildman–Crippen MR) is 87.1 cm³/mol. The van der Waals surface area contributed by atoms with Gasteiger partial charge >= 0.3 is 0 Å². The largest absolute Gasteiger partial charge is 0.307 e. The normalized spacial score (nSPS) is 19.4. The summed E-state index contributed by atoms with van der Waals surface area (Å²) < 4.78 is 0. The first-order valence-corrected chi connectivity index (χ1v) is 8.16. The lowest BCUT2D eigenvalue weighted by Crippen LogP contribution is -2.45. The van der Waals surface area contributed by atoms with Gasteiger partial charge in [0.05, 0.1) is 0 Å². The van der Waals surface area contributed by atoms with Crippen LogP contribution in [0, 0.1) is 6.92 Å². The summed E-state index contributed by atoms with van der Waals surface area (Å²) >= 11 is 0. The van der Waals surface area contributed by atoms with Gasteiger partial charge in [0.2, 0.25) is 0 Å². The molecule has 1 unspecified atom stereocenters. The highest BCUT2D eigenvalue weighted by atomic mass is 15.2. The molecule has 1 N–H and O–H groups in total. The lowest BCUT2D eigenvalue weighted by atomic mass is 9.98. The Kier molecular flexibility index (Phi) is 5.62. The Labute approximate surface area is 124 Å². The highest BCUT2D eigenvalue weighted by molar-refractivity contribution is 5.24. The molecule has 1 atom stereocenters. The second-order valence-corrected chi connectivity index (χ2v) is 6.44. The van der Waals surface area contributed by atoms with Crippen molar-refractivity contribution in [3.63, 3.8) is 0 Å². The Morgan fingerprint density at radius 1 is 1.15 bits per heavy atom. The van der Waals surface area contributed by atoms with Gasteiger partial charge in [-0.25, -0.2) is 0 Å².